The molecule has 3 aromatic heterocycles. The van der Waals surface area contributed by atoms with Crippen molar-refractivity contribution in [1.82, 2.24) is 4.90 Å². The molecule has 3 N–H and O–H groups in total. The number of nitrogens with zero attached hydrogens (tertiary/aromatic N) is 1. The maximum Gasteiger partial charge on any atom is 0.261 e. The number of rotatable bonds is 7. The van der Waals surface area contributed by atoms with Crippen LogP contribution in [-0.4, -0.2) is 41.5 Å². The van der Waals surface area contributed by atoms with E-state index in [1.54, 1.807) is 58.3 Å². The van der Waals surface area contributed by atoms with Gasteiger partial charge in [-0.3, -0.25) is 14.5 Å². The van der Waals surface area contributed by atoms with Gasteiger partial charge in [0.25, 0.3) is 11.8 Å². The number of amides is 2. The van der Waals surface area contributed by atoms with Gasteiger partial charge in [-0.1, -0.05) is 32.9 Å². The Labute approximate surface area is 231 Å². The van der Waals surface area contributed by atoms with E-state index in [9.17, 15) is 9.59 Å². The van der Waals surface area contributed by atoms with E-state index < -0.39 is 0 Å². The first-order valence-corrected chi connectivity index (χ1v) is 15.0. The fourth-order valence-electron chi connectivity index (χ4n) is 3.69. The molecule has 3 atom stereocenters. The zero-order chi connectivity index (χ0) is 26.8. The Bertz CT molecular complexity index is 1150. The molecule has 5 nitrogen and oxygen atoms in total. The van der Waals surface area contributed by atoms with Crippen molar-refractivity contribution >= 4 is 45.8 Å². The molecule has 37 heavy (non-hydrogen) atoms. The minimum absolute atomic E-state index is 0.161. The highest BCUT2D eigenvalue weighted by atomic mass is 32.1. The van der Waals surface area contributed by atoms with Gasteiger partial charge in [0.2, 0.25) is 0 Å². The molecule has 0 fully saturated rings. The van der Waals surface area contributed by atoms with Crippen molar-refractivity contribution < 1.29 is 14.7 Å². The number of aliphatic hydroxyl groups excluding tert-OH is 1. The van der Waals surface area contributed by atoms with Crippen LogP contribution in [0.2, 0.25) is 0 Å². The summed E-state index contributed by atoms with van der Waals surface area (Å²) in [5, 5.41) is 21.1. The molecule has 8 heteroatoms. The second-order valence-electron chi connectivity index (χ2n) is 9.06. The van der Waals surface area contributed by atoms with Crippen molar-refractivity contribution in [2.75, 3.05) is 19.7 Å². The van der Waals surface area contributed by atoms with E-state index in [1.165, 1.54) is 21.6 Å². The molecule has 1 aromatic carbocycles. The van der Waals surface area contributed by atoms with Crippen LogP contribution in [0.4, 0.5) is 0 Å². The van der Waals surface area contributed by atoms with Crippen molar-refractivity contribution in [2.24, 2.45) is 5.73 Å². The van der Waals surface area contributed by atoms with Gasteiger partial charge >= 0.3 is 0 Å². The van der Waals surface area contributed by atoms with Gasteiger partial charge in [-0.15, -0.1) is 0 Å². The van der Waals surface area contributed by atoms with Crippen LogP contribution < -0.4 is 5.73 Å². The molecule has 1 aliphatic rings. The van der Waals surface area contributed by atoms with Crippen LogP contribution in [0.15, 0.2) is 74.7 Å². The van der Waals surface area contributed by atoms with Crippen molar-refractivity contribution in [3.05, 3.63) is 103 Å². The third kappa shape index (κ3) is 7.69. The summed E-state index contributed by atoms with van der Waals surface area (Å²) in [5.74, 6) is 0.631. The summed E-state index contributed by atoms with van der Waals surface area (Å²) in [7, 11) is 0. The average Bonchev–Trinajstić information content (AvgIpc) is 3.75. The Morgan fingerprint density at radius 1 is 0.730 bits per heavy atom. The molecular weight excluding hydrogens is 521 g/mol. The number of carbonyl (C=O) groups excluding carboxylic acids is 2. The smallest absolute Gasteiger partial charge is 0.261 e. The quantitative estimate of drug-likeness (QED) is 0.246. The number of fused-ring (bicyclic) bond motifs is 1. The van der Waals surface area contributed by atoms with E-state index in [1.807, 2.05) is 36.7 Å². The lowest BCUT2D eigenvalue weighted by Crippen LogP contribution is -2.33. The van der Waals surface area contributed by atoms with Crippen LogP contribution in [0, 0.1) is 0 Å². The van der Waals surface area contributed by atoms with E-state index in [0.717, 1.165) is 6.54 Å². The summed E-state index contributed by atoms with van der Waals surface area (Å²) in [4.78, 5) is 25.8. The summed E-state index contributed by atoms with van der Waals surface area (Å²) < 4.78 is 0. The Balaban J connectivity index is 0.000000176. The van der Waals surface area contributed by atoms with Gasteiger partial charge in [0, 0.05) is 25.0 Å². The van der Waals surface area contributed by atoms with Gasteiger partial charge in [0.15, 0.2) is 0 Å². The summed E-state index contributed by atoms with van der Waals surface area (Å²) in [6.45, 7) is 7.62. The first kappa shape index (κ1) is 28.9. The topological polar surface area (TPSA) is 83.6 Å². The highest BCUT2D eigenvalue weighted by molar-refractivity contribution is 7.08. The number of benzene rings is 1. The van der Waals surface area contributed by atoms with E-state index in [-0.39, 0.29) is 24.3 Å². The normalized spacial score (nSPS) is 14.7. The number of imide groups is 1. The minimum atomic E-state index is -0.178. The lowest BCUT2D eigenvalue weighted by molar-refractivity contribution is 0.0646. The highest BCUT2D eigenvalue weighted by Crippen LogP contribution is 2.26. The van der Waals surface area contributed by atoms with Gasteiger partial charge in [0.1, 0.15) is 0 Å². The monoisotopic (exact) mass is 554 g/mol. The van der Waals surface area contributed by atoms with Crippen LogP contribution in [0.5, 0.6) is 0 Å². The number of hydrogen-bond donors (Lipinski definition) is 2. The molecule has 196 valence electrons. The highest BCUT2D eigenvalue weighted by Gasteiger charge is 2.35. The van der Waals surface area contributed by atoms with Crippen LogP contribution in [0.1, 0.15) is 75.9 Å². The first-order valence-electron chi connectivity index (χ1n) is 12.2. The fourth-order valence-corrected chi connectivity index (χ4v) is 6.04. The Morgan fingerprint density at radius 2 is 1.16 bits per heavy atom. The van der Waals surface area contributed by atoms with Crippen LogP contribution in [0.25, 0.3) is 0 Å². The lowest BCUT2D eigenvalue weighted by Gasteiger charge is -2.18. The predicted octanol–water partition coefficient (Wildman–Crippen LogP) is 6.80. The van der Waals surface area contributed by atoms with Gasteiger partial charge in [-0.2, -0.15) is 34.0 Å². The van der Waals surface area contributed by atoms with Gasteiger partial charge in [0.05, 0.1) is 11.1 Å². The van der Waals surface area contributed by atoms with Crippen LogP contribution in [-0.2, 0) is 0 Å². The first-order chi connectivity index (χ1) is 17.9. The Morgan fingerprint density at radius 3 is 1.54 bits per heavy atom. The maximum absolute atomic E-state index is 12.2. The van der Waals surface area contributed by atoms with Crippen LogP contribution in [0.3, 0.4) is 0 Å². The second-order valence-corrected chi connectivity index (χ2v) is 11.4. The summed E-state index contributed by atoms with van der Waals surface area (Å²) in [5.41, 5.74) is 10.3. The second kappa shape index (κ2) is 14.4. The molecule has 5 rings (SSSR count). The molecule has 4 aromatic rings. The van der Waals surface area contributed by atoms with Crippen molar-refractivity contribution in [1.29, 1.82) is 0 Å². The van der Waals surface area contributed by atoms with Crippen LogP contribution >= 0.6 is 34.0 Å². The molecule has 0 radical (unpaired) electrons. The fraction of sp³-hybridized carbons (Fsp3) is 0.310. The molecular formula is C29H34N2O3S3. The number of aliphatic hydroxyl groups is 1. The Hall–Kier alpha value is -2.62. The largest absolute Gasteiger partial charge is 0.396 e. The molecule has 0 unspecified atom stereocenters. The van der Waals surface area contributed by atoms with Crippen molar-refractivity contribution in [3.63, 3.8) is 0 Å². The summed E-state index contributed by atoms with van der Waals surface area (Å²) >= 11 is 5.03. The SMILES string of the molecule is C[C@H](CN)c1ccsc1.C[C@H](CN1C(=O)c2ccccc2C1=O)c1ccsc1.C[C@H](CO)c1ccsc1. The van der Waals surface area contributed by atoms with E-state index >= 15 is 0 Å². The third-order valence-corrected chi connectivity index (χ3v) is 8.40. The lowest BCUT2D eigenvalue weighted by atomic mass is 10.0. The standard InChI is InChI=1S/C15H13NO2S.C7H11NS.C7H10OS/c1-10(11-6-7-19-9-11)8-16-14(17)12-4-2-3-5-13(12)15(16)18;2*1-6(4-8)7-2-3-9-5-7/h2-7,9-10H,8H2,1H3;2-3,5-6H,4,8H2,1H3;2-3,5-6,8H,4H2,1H3/t10-;2*6-/m111/s1. The Kier molecular flexibility index (Phi) is 11.2. The van der Waals surface area contributed by atoms with Crippen molar-refractivity contribution in [2.45, 2.75) is 38.5 Å². The minimum Gasteiger partial charge on any atom is -0.396 e. The summed E-state index contributed by atoms with van der Waals surface area (Å²) in [6.07, 6.45) is 0. The molecule has 4 heterocycles. The molecule has 2 amide bonds. The average molecular weight is 555 g/mol. The van der Waals surface area contributed by atoms with E-state index in [2.05, 4.69) is 34.5 Å². The molecule has 0 aliphatic carbocycles. The maximum atomic E-state index is 12.2. The predicted molar refractivity (Wildman–Crippen MR) is 156 cm³/mol. The molecule has 0 bridgehead atoms. The zero-order valence-electron chi connectivity index (χ0n) is 21.4. The molecule has 0 spiro atoms. The summed E-state index contributed by atoms with van der Waals surface area (Å²) in [6, 6.07) is 13.2. The zero-order valence-corrected chi connectivity index (χ0v) is 23.8. The third-order valence-electron chi connectivity index (χ3n) is 6.30. The van der Waals surface area contributed by atoms with Gasteiger partial charge < -0.3 is 10.8 Å². The number of thiophene rings is 3. The molecule has 0 saturated heterocycles. The van der Waals surface area contributed by atoms with Gasteiger partial charge in [-0.25, -0.2) is 0 Å². The van der Waals surface area contributed by atoms with E-state index in [0.29, 0.717) is 29.5 Å². The number of hydrogen-bond acceptors (Lipinski definition) is 7. The van der Waals surface area contributed by atoms with Gasteiger partial charge in [-0.05, 0) is 91.8 Å². The molecule has 1 aliphatic heterocycles. The number of carbonyl (C=O) groups is 2. The number of nitrogens with two attached hydrogens (primary N) is 1. The van der Waals surface area contributed by atoms with Crippen molar-refractivity contribution in [3.8, 4) is 0 Å². The van der Waals surface area contributed by atoms with E-state index in [4.69, 9.17) is 10.8 Å². The molecule has 0 saturated carbocycles.